The Balaban J connectivity index is 1.93. The number of carboxylic acid groups (broad SMARTS) is 1. The molecule has 2 aromatic rings. The molecule has 0 aliphatic heterocycles. The lowest BCUT2D eigenvalue weighted by Gasteiger charge is -2.17. The molecule has 6 nitrogen and oxygen atoms in total. The van der Waals surface area contributed by atoms with Crippen molar-refractivity contribution in [1.82, 2.24) is 10.3 Å². The van der Waals surface area contributed by atoms with Crippen LogP contribution in [0, 0.1) is 12.8 Å². The van der Waals surface area contributed by atoms with Crippen molar-refractivity contribution in [1.29, 1.82) is 0 Å². The van der Waals surface area contributed by atoms with E-state index in [9.17, 15) is 9.59 Å². The second-order valence-electron chi connectivity index (χ2n) is 5.87. The first kappa shape index (κ1) is 17.7. The van der Waals surface area contributed by atoms with Crippen molar-refractivity contribution in [3.05, 3.63) is 41.9 Å². The van der Waals surface area contributed by atoms with E-state index in [4.69, 9.17) is 9.52 Å². The lowest BCUT2D eigenvalue weighted by Crippen LogP contribution is -2.40. The van der Waals surface area contributed by atoms with Gasteiger partial charge in [0.1, 0.15) is 0 Å². The molecule has 0 saturated carbocycles. The molecule has 0 aliphatic rings. The zero-order valence-electron chi connectivity index (χ0n) is 14.1. The molecule has 0 spiro atoms. The minimum Gasteiger partial charge on any atom is -0.481 e. The van der Waals surface area contributed by atoms with E-state index in [-0.39, 0.29) is 12.3 Å². The van der Waals surface area contributed by atoms with Gasteiger partial charge >= 0.3 is 5.97 Å². The number of nitrogens with zero attached hydrogens (tertiary/aromatic N) is 1. The molecule has 0 aliphatic carbocycles. The number of aliphatic carboxylic acids is 1. The molecule has 1 heterocycles. The lowest BCUT2D eigenvalue weighted by molar-refractivity contribution is -0.142. The van der Waals surface area contributed by atoms with Gasteiger partial charge in [0.25, 0.3) is 0 Å². The Morgan fingerprint density at radius 3 is 2.54 bits per heavy atom. The Labute approximate surface area is 140 Å². The molecular formula is C18H22N2O4. The topological polar surface area (TPSA) is 92.4 Å². The number of aromatic nitrogens is 1. The highest BCUT2D eigenvalue weighted by molar-refractivity contribution is 5.78. The van der Waals surface area contributed by atoms with E-state index in [2.05, 4.69) is 10.3 Å². The van der Waals surface area contributed by atoms with Crippen molar-refractivity contribution < 1.29 is 19.1 Å². The summed E-state index contributed by atoms with van der Waals surface area (Å²) in [6, 6.07) is 9.24. The number of carboxylic acids is 1. The SMILES string of the molecule is Cc1nc(CCC(=O)NC(C)C(C)C(=O)O)oc1-c1ccccc1. The maximum absolute atomic E-state index is 11.9. The van der Waals surface area contributed by atoms with Gasteiger partial charge in [-0.1, -0.05) is 30.3 Å². The Kier molecular flexibility index (Phi) is 5.73. The molecule has 2 N–H and O–H groups in total. The fourth-order valence-electron chi connectivity index (χ4n) is 2.30. The first-order valence-electron chi connectivity index (χ1n) is 7.92. The number of carbonyl (C=O) groups excluding carboxylic acids is 1. The third-order valence-electron chi connectivity index (χ3n) is 3.97. The monoisotopic (exact) mass is 330 g/mol. The van der Waals surface area contributed by atoms with Gasteiger partial charge in [0.05, 0.1) is 11.6 Å². The Hall–Kier alpha value is -2.63. The van der Waals surface area contributed by atoms with Crippen LogP contribution in [0.1, 0.15) is 31.9 Å². The molecule has 24 heavy (non-hydrogen) atoms. The molecule has 2 unspecified atom stereocenters. The van der Waals surface area contributed by atoms with Gasteiger partial charge in [-0.05, 0) is 20.8 Å². The summed E-state index contributed by atoms with van der Waals surface area (Å²) in [5, 5.41) is 11.6. The summed E-state index contributed by atoms with van der Waals surface area (Å²) >= 11 is 0. The zero-order chi connectivity index (χ0) is 17.7. The molecule has 128 valence electrons. The molecule has 6 heteroatoms. The highest BCUT2D eigenvalue weighted by atomic mass is 16.4. The summed E-state index contributed by atoms with van der Waals surface area (Å²) < 4.78 is 5.76. The number of carbonyl (C=O) groups is 2. The van der Waals surface area contributed by atoms with Gasteiger partial charge in [0, 0.05) is 24.4 Å². The van der Waals surface area contributed by atoms with Gasteiger partial charge in [0.2, 0.25) is 5.91 Å². The zero-order valence-corrected chi connectivity index (χ0v) is 14.1. The predicted octanol–water partition coefficient (Wildman–Crippen LogP) is 2.81. The number of hydrogen-bond acceptors (Lipinski definition) is 4. The quantitative estimate of drug-likeness (QED) is 0.814. The number of benzene rings is 1. The van der Waals surface area contributed by atoms with Crippen molar-refractivity contribution in [3.8, 4) is 11.3 Å². The second-order valence-corrected chi connectivity index (χ2v) is 5.87. The van der Waals surface area contributed by atoms with E-state index in [1.807, 2.05) is 37.3 Å². The van der Waals surface area contributed by atoms with Crippen LogP contribution in [0.2, 0.25) is 0 Å². The number of hydrogen-bond donors (Lipinski definition) is 2. The van der Waals surface area contributed by atoms with Gasteiger partial charge in [-0.2, -0.15) is 0 Å². The Morgan fingerprint density at radius 1 is 1.25 bits per heavy atom. The third kappa shape index (κ3) is 4.44. The highest BCUT2D eigenvalue weighted by Gasteiger charge is 2.21. The van der Waals surface area contributed by atoms with Gasteiger partial charge in [0.15, 0.2) is 11.7 Å². The first-order valence-corrected chi connectivity index (χ1v) is 7.92. The van der Waals surface area contributed by atoms with Crippen LogP contribution in [0.25, 0.3) is 11.3 Å². The fraction of sp³-hybridized carbons (Fsp3) is 0.389. The number of aryl methyl sites for hydroxylation is 2. The van der Waals surface area contributed by atoms with Crippen molar-refractivity contribution in [2.24, 2.45) is 5.92 Å². The van der Waals surface area contributed by atoms with Crippen LogP contribution in [-0.2, 0) is 16.0 Å². The summed E-state index contributed by atoms with van der Waals surface area (Å²) in [5.74, 6) is -0.576. The average Bonchev–Trinajstić information content (AvgIpc) is 2.93. The van der Waals surface area contributed by atoms with Gasteiger partial charge in [-0.25, -0.2) is 4.98 Å². The van der Waals surface area contributed by atoms with E-state index in [0.717, 1.165) is 11.3 Å². The number of amides is 1. The van der Waals surface area contributed by atoms with Crippen molar-refractivity contribution >= 4 is 11.9 Å². The van der Waals surface area contributed by atoms with E-state index in [1.54, 1.807) is 13.8 Å². The van der Waals surface area contributed by atoms with Crippen LogP contribution in [0.4, 0.5) is 0 Å². The van der Waals surface area contributed by atoms with Crippen molar-refractivity contribution in [2.75, 3.05) is 0 Å². The summed E-state index contributed by atoms with van der Waals surface area (Å²) in [6.45, 7) is 5.11. The van der Waals surface area contributed by atoms with Gasteiger partial charge in [-0.15, -0.1) is 0 Å². The fourth-order valence-corrected chi connectivity index (χ4v) is 2.30. The smallest absolute Gasteiger partial charge is 0.308 e. The van der Waals surface area contributed by atoms with Crippen LogP contribution >= 0.6 is 0 Å². The molecule has 2 atom stereocenters. The molecule has 0 bridgehead atoms. The van der Waals surface area contributed by atoms with E-state index in [0.29, 0.717) is 18.1 Å². The molecule has 0 saturated heterocycles. The summed E-state index contributed by atoms with van der Waals surface area (Å²) in [7, 11) is 0. The molecule has 0 fully saturated rings. The predicted molar refractivity (Wildman–Crippen MR) is 89.4 cm³/mol. The minimum absolute atomic E-state index is 0.199. The van der Waals surface area contributed by atoms with Crippen LogP contribution in [0.15, 0.2) is 34.7 Å². The van der Waals surface area contributed by atoms with E-state index < -0.39 is 17.9 Å². The summed E-state index contributed by atoms with van der Waals surface area (Å²) in [4.78, 5) is 27.2. The number of oxazole rings is 1. The first-order chi connectivity index (χ1) is 11.4. The van der Waals surface area contributed by atoms with Gasteiger partial charge in [-0.3, -0.25) is 9.59 Å². The lowest BCUT2D eigenvalue weighted by atomic mass is 10.0. The Bertz CT molecular complexity index is 709. The molecule has 1 amide bonds. The molecular weight excluding hydrogens is 308 g/mol. The van der Waals surface area contributed by atoms with E-state index in [1.165, 1.54) is 0 Å². The molecule has 1 aromatic carbocycles. The van der Waals surface area contributed by atoms with Crippen LogP contribution in [0.5, 0.6) is 0 Å². The minimum atomic E-state index is -0.932. The number of rotatable bonds is 7. The van der Waals surface area contributed by atoms with Crippen LogP contribution < -0.4 is 5.32 Å². The largest absolute Gasteiger partial charge is 0.481 e. The average molecular weight is 330 g/mol. The van der Waals surface area contributed by atoms with Gasteiger partial charge < -0.3 is 14.8 Å². The normalized spacial score (nSPS) is 13.3. The maximum atomic E-state index is 11.9. The van der Waals surface area contributed by atoms with Crippen molar-refractivity contribution in [2.45, 2.75) is 39.7 Å². The summed E-state index contributed by atoms with van der Waals surface area (Å²) in [6.07, 6.45) is 0.568. The van der Waals surface area contributed by atoms with E-state index >= 15 is 0 Å². The molecule has 2 rings (SSSR count). The van der Waals surface area contributed by atoms with Crippen LogP contribution in [0.3, 0.4) is 0 Å². The molecule has 1 aromatic heterocycles. The van der Waals surface area contributed by atoms with Crippen molar-refractivity contribution in [3.63, 3.8) is 0 Å². The van der Waals surface area contributed by atoms with Crippen LogP contribution in [-0.4, -0.2) is 28.0 Å². The maximum Gasteiger partial charge on any atom is 0.308 e. The second kappa shape index (κ2) is 7.77. The number of nitrogens with one attached hydrogen (secondary N) is 1. The molecule has 0 radical (unpaired) electrons. The third-order valence-corrected chi connectivity index (χ3v) is 3.97. The summed E-state index contributed by atoms with van der Waals surface area (Å²) in [5.41, 5.74) is 1.73. The standard InChI is InChI=1S/C18H22N2O4/c1-11(18(22)23)12(2)19-15(21)9-10-16-20-13(3)17(24-16)14-7-5-4-6-8-14/h4-8,11-12H,9-10H2,1-3H3,(H,19,21)(H,22,23). The highest BCUT2D eigenvalue weighted by Crippen LogP contribution is 2.24. The Morgan fingerprint density at radius 2 is 1.92 bits per heavy atom.